The number of thioether (sulfide) groups is 1. The number of amidine groups is 1. The van der Waals surface area contributed by atoms with Gasteiger partial charge in [0, 0.05) is 12.7 Å². The van der Waals surface area contributed by atoms with Gasteiger partial charge in [0.2, 0.25) is 5.91 Å². The van der Waals surface area contributed by atoms with Gasteiger partial charge in [0.05, 0.1) is 5.75 Å². The molecule has 0 aromatic carbocycles. The number of carbonyl (C=O) groups is 1. The van der Waals surface area contributed by atoms with Crippen LogP contribution in [0.1, 0.15) is 0 Å². The van der Waals surface area contributed by atoms with Crippen molar-refractivity contribution in [1.82, 2.24) is 9.88 Å². The number of aliphatic imine (C=N–C) groups is 1. The van der Waals surface area contributed by atoms with E-state index in [2.05, 4.69) is 16.6 Å². The third kappa shape index (κ3) is 2.30. The Morgan fingerprint density at radius 3 is 3.19 bits per heavy atom. The van der Waals surface area contributed by atoms with Crippen molar-refractivity contribution in [3.8, 4) is 0 Å². The summed E-state index contributed by atoms with van der Waals surface area (Å²) >= 11 is 1.43. The van der Waals surface area contributed by atoms with Gasteiger partial charge in [-0.05, 0) is 12.1 Å². The van der Waals surface area contributed by atoms with Crippen LogP contribution in [0.25, 0.3) is 0 Å². The minimum absolute atomic E-state index is 0.0691. The zero-order valence-electron chi connectivity index (χ0n) is 8.67. The zero-order chi connectivity index (χ0) is 11.4. The van der Waals surface area contributed by atoms with Crippen LogP contribution in [0.5, 0.6) is 0 Å². The lowest BCUT2D eigenvalue weighted by Crippen LogP contribution is -2.29. The molecule has 2 heterocycles. The largest absolute Gasteiger partial charge is 0.287 e. The molecule has 1 aliphatic rings. The second-order valence-corrected chi connectivity index (χ2v) is 4.11. The van der Waals surface area contributed by atoms with Gasteiger partial charge in [-0.15, -0.1) is 6.58 Å². The summed E-state index contributed by atoms with van der Waals surface area (Å²) in [5.74, 6) is 1.13. The molecular weight excluding hydrogens is 222 g/mol. The topological polar surface area (TPSA) is 45.6 Å². The predicted molar refractivity (Wildman–Crippen MR) is 65.7 cm³/mol. The minimum Gasteiger partial charge on any atom is -0.287 e. The third-order valence-electron chi connectivity index (χ3n) is 2.03. The average Bonchev–Trinajstić information content (AvgIpc) is 2.64. The molecule has 2 rings (SSSR count). The van der Waals surface area contributed by atoms with Crippen LogP contribution in [-0.4, -0.2) is 33.3 Å². The monoisotopic (exact) mass is 233 g/mol. The van der Waals surface area contributed by atoms with Crippen LogP contribution < -0.4 is 0 Å². The van der Waals surface area contributed by atoms with Gasteiger partial charge in [-0.1, -0.05) is 23.9 Å². The highest BCUT2D eigenvalue weighted by Crippen LogP contribution is 2.22. The van der Waals surface area contributed by atoms with Crippen molar-refractivity contribution in [1.29, 1.82) is 0 Å². The molecule has 0 radical (unpaired) electrons. The molecule has 82 valence electrons. The fraction of sp³-hybridized carbons (Fsp3) is 0.182. The number of carbonyl (C=O) groups excluding carboxylic acids is 1. The SMILES string of the molecule is C=CCN1C(=O)CSC1=Nc1ccccn1. The molecule has 1 saturated heterocycles. The summed E-state index contributed by atoms with van der Waals surface area (Å²) in [4.78, 5) is 21.6. The Bertz CT molecular complexity index is 430. The van der Waals surface area contributed by atoms with Crippen LogP contribution >= 0.6 is 11.8 Å². The molecule has 1 aromatic heterocycles. The molecule has 0 N–H and O–H groups in total. The highest BCUT2D eigenvalue weighted by molar-refractivity contribution is 8.15. The molecule has 0 spiro atoms. The van der Waals surface area contributed by atoms with Crippen molar-refractivity contribution >= 4 is 28.7 Å². The standard InChI is InChI=1S/C11H11N3OS/c1-2-7-14-10(15)8-16-11(14)13-9-5-3-4-6-12-9/h2-6H,1,7-8H2. The van der Waals surface area contributed by atoms with Crippen LogP contribution in [0.2, 0.25) is 0 Å². The van der Waals surface area contributed by atoms with Crippen molar-refractivity contribution in [3.63, 3.8) is 0 Å². The Labute approximate surface area is 98.1 Å². The Morgan fingerprint density at radius 2 is 2.50 bits per heavy atom. The van der Waals surface area contributed by atoms with E-state index in [9.17, 15) is 4.79 Å². The Hall–Kier alpha value is -1.62. The molecular formula is C11H11N3OS. The molecule has 0 unspecified atom stereocenters. The summed E-state index contributed by atoms with van der Waals surface area (Å²) in [5, 5.41) is 0.698. The summed E-state index contributed by atoms with van der Waals surface area (Å²) in [6.07, 6.45) is 3.37. The summed E-state index contributed by atoms with van der Waals surface area (Å²) in [6, 6.07) is 5.51. The van der Waals surface area contributed by atoms with Crippen molar-refractivity contribution in [2.45, 2.75) is 0 Å². The van der Waals surface area contributed by atoms with E-state index >= 15 is 0 Å². The summed E-state index contributed by atoms with van der Waals surface area (Å²) in [5.41, 5.74) is 0. The van der Waals surface area contributed by atoms with Crippen molar-refractivity contribution in [3.05, 3.63) is 37.1 Å². The molecule has 16 heavy (non-hydrogen) atoms. The van der Waals surface area contributed by atoms with Crippen molar-refractivity contribution < 1.29 is 4.79 Å². The smallest absolute Gasteiger partial charge is 0.239 e. The highest BCUT2D eigenvalue weighted by atomic mass is 32.2. The third-order valence-corrected chi connectivity index (χ3v) is 2.99. The Balaban J connectivity index is 2.23. The van der Waals surface area contributed by atoms with E-state index < -0.39 is 0 Å². The highest BCUT2D eigenvalue weighted by Gasteiger charge is 2.26. The normalized spacial score (nSPS) is 18.1. The summed E-state index contributed by atoms with van der Waals surface area (Å²) < 4.78 is 0. The molecule has 0 aliphatic carbocycles. The second kappa shape index (κ2) is 4.94. The lowest BCUT2D eigenvalue weighted by molar-refractivity contribution is -0.123. The number of aromatic nitrogens is 1. The van der Waals surface area contributed by atoms with Crippen molar-refractivity contribution in [2.75, 3.05) is 12.3 Å². The van der Waals surface area contributed by atoms with Crippen LogP contribution in [0.3, 0.4) is 0 Å². The van der Waals surface area contributed by atoms with Gasteiger partial charge in [0.15, 0.2) is 11.0 Å². The van der Waals surface area contributed by atoms with E-state index in [1.807, 2.05) is 18.2 Å². The average molecular weight is 233 g/mol. The second-order valence-electron chi connectivity index (χ2n) is 3.16. The number of rotatable bonds is 3. The number of amides is 1. The maximum absolute atomic E-state index is 11.5. The molecule has 0 saturated carbocycles. The maximum atomic E-state index is 11.5. The predicted octanol–water partition coefficient (Wildman–Crippen LogP) is 1.83. The molecule has 1 amide bonds. The van der Waals surface area contributed by atoms with Gasteiger partial charge >= 0.3 is 0 Å². The molecule has 4 nitrogen and oxygen atoms in total. The molecule has 0 bridgehead atoms. The lowest BCUT2D eigenvalue weighted by Gasteiger charge is -2.12. The first-order valence-electron chi connectivity index (χ1n) is 4.85. The summed E-state index contributed by atoms with van der Waals surface area (Å²) in [6.45, 7) is 4.12. The Morgan fingerprint density at radius 1 is 1.62 bits per heavy atom. The minimum atomic E-state index is 0.0691. The van der Waals surface area contributed by atoms with Gasteiger partial charge in [0.1, 0.15) is 0 Å². The molecule has 1 aromatic rings. The van der Waals surface area contributed by atoms with Crippen LogP contribution in [-0.2, 0) is 4.79 Å². The number of pyridine rings is 1. The Kier molecular flexibility index (Phi) is 3.36. The van der Waals surface area contributed by atoms with Gasteiger partial charge in [0.25, 0.3) is 0 Å². The molecule has 1 aliphatic heterocycles. The zero-order valence-corrected chi connectivity index (χ0v) is 9.48. The first-order valence-corrected chi connectivity index (χ1v) is 5.83. The van der Waals surface area contributed by atoms with E-state index in [1.165, 1.54) is 11.8 Å². The van der Waals surface area contributed by atoms with Crippen LogP contribution in [0.15, 0.2) is 42.0 Å². The fourth-order valence-corrected chi connectivity index (χ4v) is 2.21. The van der Waals surface area contributed by atoms with Gasteiger partial charge in [-0.2, -0.15) is 0 Å². The van der Waals surface area contributed by atoms with E-state index in [0.717, 1.165) is 0 Å². The number of hydrogen-bond acceptors (Lipinski definition) is 4. The molecule has 1 fully saturated rings. The van der Waals surface area contributed by atoms with Gasteiger partial charge < -0.3 is 0 Å². The first-order chi connectivity index (χ1) is 7.81. The molecule has 0 atom stereocenters. The van der Waals surface area contributed by atoms with Gasteiger partial charge in [-0.25, -0.2) is 9.98 Å². The summed E-state index contributed by atoms with van der Waals surface area (Å²) in [7, 11) is 0. The lowest BCUT2D eigenvalue weighted by atomic mass is 10.5. The molecule has 5 heteroatoms. The maximum Gasteiger partial charge on any atom is 0.239 e. The fourth-order valence-electron chi connectivity index (χ4n) is 1.31. The van der Waals surface area contributed by atoms with Crippen LogP contribution in [0.4, 0.5) is 5.82 Å². The van der Waals surface area contributed by atoms with E-state index in [4.69, 9.17) is 0 Å². The number of hydrogen-bond donors (Lipinski definition) is 0. The van der Waals surface area contributed by atoms with Crippen molar-refractivity contribution in [2.24, 2.45) is 4.99 Å². The van der Waals surface area contributed by atoms with E-state index in [1.54, 1.807) is 17.2 Å². The van der Waals surface area contributed by atoms with E-state index in [0.29, 0.717) is 23.3 Å². The van der Waals surface area contributed by atoms with E-state index in [-0.39, 0.29) is 5.91 Å². The first kappa shape index (κ1) is 10.9. The number of nitrogens with zero attached hydrogens (tertiary/aromatic N) is 3. The van der Waals surface area contributed by atoms with Gasteiger partial charge in [-0.3, -0.25) is 9.69 Å². The van der Waals surface area contributed by atoms with Crippen LogP contribution in [0, 0.1) is 0 Å². The quantitative estimate of drug-likeness (QED) is 0.748.